The monoisotopic (exact) mass is 663 g/mol. The first kappa shape index (κ1) is 36.4. The van der Waals surface area contributed by atoms with Crippen LogP contribution in [0.5, 0.6) is 0 Å². The van der Waals surface area contributed by atoms with Crippen molar-refractivity contribution in [2.75, 3.05) is 26.8 Å². The fourth-order valence-electron chi connectivity index (χ4n) is 6.60. The summed E-state index contributed by atoms with van der Waals surface area (Å²) in [5.41, 5.74) is 0.878. The van der Waals surface area contributed by atoms with Gasteiger partial charge in [-0.15, -0.1) is 0 Å². The molecule has 0 bridgehead atoms. The van der Waals surface area contributed by atoms with Crippen molar-refractivity contribution in [2.24, 2.45) is 5.92 Å². The minimum Gasteiger partial charge on any atom is -0.467 e. The predicted molar refractivity (Wildman–Crippen MR) is 169 cm³/mol. The summed E-state index contributed by atoms with van der Waals surface area (Å²) in [6.45, 7) is 2.52. The maximum atomic E-state index is 13.2. The van der Waals surface area contributed by atoms with Gasteiger partial charge in [0, 0.05) is 38.8 Å². The molecule has 47 heavy (non-hydrogen) atoms. The van der Waals surface area contributed by atoms with Gasteiger partial charge in [0.15, 0.2) is 5.79 Å². The van der Waals surface area contributed by atoms with Gasteiger partial charge in [-0.3, -0.25) is 4.79 Å². The number of carbonyl (C=O) groups excluding carboxylic acids is 4. The quantitative estimate of drug-likeness (QED) is 0.202. The number of rotatable bonds is 13. The second-order valence-corrected chi connectivity index (χ2v) is 12.9. The Morgan fingerprint density at radius 2 is 1.72 bits per heavy atom. The number of hydrogen-bond donors (Lipinski definition) is 3. The fraction of sp³-hybridized carbons (Fsp3) is 0.706. The number of esters is 1. The van der Waals surface area contributed by atoms with Gasteiger partial charge < -0.3 is 39.6 Å². The van der Waals surface area contributed by atoms with Gasteiger partial charge in [-0.2, -0.15) is 0 Å². The highest BCUT2D eigenvalue weighted by molar-refractivity contribution is 5.84. The van der Waals surface area contributed by atoms with Crippen LogP contribution in [0, 0.1) is 11.7 Å². The summed E-state index contributed by atoms with van der Waals surface area (Å²) in [6.07, 6.45) is 6.87. The van der Waals surface area contributed by atoms with Gasteiger partial charge in [-0.1, -0.05) is 31.4 Å². The minimum atomic E-state index is -1.08. The molecular formula is C34H50FN3O9. The fourth-order valence-corrected chi connectivity index (χ4v) is 6.60. The molecule has 0 aromatic heterocycles. The van der Waals surface area contributed by atoms with E-state index in [9.17, 15) is 23.6 Å². The van der Waals surface area contributed by atoms with E-state index in [2.05, 4.69) is 20.7 Å². The van der Waals surface area contributed by atoms with Crippen molar-refractivity contribution < 1.29 is 47.3 Å². The van der Waals surface area contributed by atoms with Gasteiger partial charge >= 0.3 is 18.2 Å². The zero-order valence-corrected chi connectivity index (χ0v) is 27.6. The molecule has 1 saturated carbocycles. The first-order chi connectivity index (χ1) is 22.6. The highest BCUT2D eigenvalue weighted by Crippen LogP contribution is 2.41. The lowest BCUT2D eigenvalue weighted by Crippen LogP contribution is -2.54. The predicted octanol–water partition coefficient (Wildman–Crippen LogP) is 4.67. The normalized spacial score (nSPS) is 25.3. The lowest BCUT2D eigenvalue weighted by atomic mass is 9.89. The summed E-state index contributed by atoms with van der Waals surface area (Å²) in [5.74, 6) is -1.80. The number of carbonyl (C=O) groups is 4. The van der Waals surface area contributed by atoms with Gasteiger partial charge in [0.1, 0.15) is 24.6 Å². The zero-order chi connectivity index (χ0) is 33.6. The van der Waals surface area contributed by atoms with E-state index in [0.29, 0.717) is 51.1 Å². The number of hydrogen-bond acceptors (Lipinski definition) is 9. The minimum absolute atomic E-state index is 0.0650. The number of amides is 3. The molecule has 3 fully saturated rings. The number of methoxy groups -OCH3 is 1. The van der Waals surface area contributed by atoms with Crippen LogP contribution in [0.4, 0.5) is 14.0 Å². The Balaban J connectivity index is 1.31. The van der Waals surface area contributed by atoms with Crippen molar-refractivity contribution in [2.45, 2.75) is 121 Å². The van der Waals surface area contributed by atoms with Gasteiger partial charge in [0.25, 0.3) is 0 Å². The van der Waals surface area contributed by atoms with Crippen molar-refractivity contribution in [3.05, 3.63) is 35.6 Å². The summed E-state index contributed by atoms with van der Waals surface area (Å²) in [6, 6.07) is 5.29. The molecule has 3 N–H and O–H groups in total. The SMILES string of the molecule is COC(=O)[C@H](C)NC(=O)CCC1CC(OC(=O)NCCc2ccc(F)cc2)CC2(CCCC(COC(=O)NCC3CCCCC3)O2)O1. The molecule has 3 amide bonds. The summed E-state index contributed by atoms with van der Waals surface area (Å²) in [4.78, 5) is 49.5. The van der Waals surface area contributed by atoms with Crippen molar-refractivity contribution in [1.82, 2.24) is 16.0 Å². The second kappa shape index (κ2) is 18.2. The van der Waals surface area contributed by atoms with Crippen LogP contribution in [0.15, 0.2) is 24.3 Å². The highest BCUT2D eigenvalue weighted by Gasteiger charge is 2.47. The number of nitrogens with one attached hydrogen (secondary N) is 3. The molecule has 1 aromatic carbocycles. The molecule has 1 aromatic rings. The smallest absolute Gasteiger partial charge is 0.407 e. The molecule has 262 valence electrons. The van der Waals surface area contributed by atoms with Crippen LogP contribution >= 0.6 is 0 Å². The molecule has 3 aliphatic rings. The summed E-state index contributed by atoms with van der Waals surface area (Å²) < 4.78 is 42.1. The first-order valence-corrected chi connectivity index (χ1v) is 17.0. The van der Waals surface area contributed by atoms with E-state index >= 15 is 0 Å². The summed E-state index contributed by atoms with van der Waals surface area (Å²) >= 11 is 0. The molecule has 0 radical (unpaired) electrons. The van der Waals surface area contributed by atoms with E-state index in [1.165, 1.54) is 38.5 Å². The lowest BCUT2D eigenvalue weighted by molar-refractivity contribution is -0.329. The molecule has 13 heteroatoms. The number of halogens is 1. The van der Waals surface area contributed by atoms with Gasteiger partial charge in [-0.25, -0.2) is 18.8 Å². The zero-order valence-electron chi connectivity index (χ0n) is 27.6. The number of alkyl carbamates (subject to hydrolysis) is 2. The second-order valence-electron chi connectivity index (χ2n) is 12.9. The molecule has 2 saturated heterocycles. The highest BCUT2D eigenvalue weighted by atomic mass is 19.1. The topological polar surface area (TPSA) is 151 Å². The standard InChI is InChI=1S/C34H50FN3O9/c1-23(31(40)43-2)38-30(39)15-14-27-19-29(45-33(42)36-18-16-24-10-12-26(35)13-11-24)20-34(46-27)17-6-9-28(47-34)22-44-32(41)37-21-25-7-4-3-5-8-25/h10-13,23,25,27-29H,3-9,14-22H2,1-2H3,(H,36,42)(H,37,41)(H,38,39)/t23-,27?,28?,29?,34?/m0/s1. The molecule has 2 heterocycles. The van der Waals surface area contributed by atoms with Crippen molar-refractivity contribution in [3.63, 3.8) is 0 Å². The van der Waals surface area contributed by atoms with Gasteiger partial charge in [-0.05, 0) is 69.1 Å². The average Bonchev–Trinajstić information content (AvgIpc) is 3.06. The van der Waals surface area contributed by atoms with Gasteiger partial charge in [0.05, 0.1) is 19.3 Å². The van der Waals surface area contributed by atoms with Crippen LogP contribution in [0.1, 0.15) is 89.5 Å². The molecule has 12 nitrogen and oxygen atoms in total. The Morgan fingerprint density at radius 3 is 2.47 bits per heavy atom. The largest absolute Gasteiger partial charge is 0.467 e. The van der Waals surface area contributed by atoms with E-state index in [-0.39, 0.29) is 31.2 Å². The van der Waals surface area contributed by atoms with Crippen LogP contribution < -0.4 is 16.0 Å². The van der Waals surface area contributed by atoms with Crippen LogP contribution in [0.25, 0.3) is 0 Å². The third kappa shape index (κ3) is 12.3. The Bertz CT molecular complexity index is 1180. The third-order valence-corrected chi connectivity index (χ3v) is 9.07. The van der Waals surface area contributed by atoms with E-state index in [1.54, 1.807) is 19.1 Å². The molecule has 4 unspecified atom stereocenters. The maximum absolute atomic E-state index is 13.2. The lowest BCUT2D eigenvalue weighted by Gasteiger charge is -2.47. The Morgan fingerprint density at radius 1 is 0.979 bits per heavy atom. The molecule has 2 aliphatic heterocycles. The molecule has 1 aliphatic carbocycles. The van der Waals surface area contributed by atoms with E-state index in [0.717, 1.165) is 24.8 Å². The Kier molecular flexibility index (Phi) is 14.1. The van der Waals surface area contributed by atoms with Crippen LogP contribution in [-0.2, 0) is 39.7 Å². The average molecular weight is 664 g/mol. The number of benzene rings is 1. The van der Waals surface area contributed by atoms with E-state index in [4.69, 9.17) is 18.9 Å². The van der Waals surface area contributed by atoms with Crippen LogP contribution in [-0.4, -0.2) is 81.0 Å². The molecule has 4 rings (SSSR count). The van der Waals surface area contributed by atoms with Crippen molar-refractivity contribution in [1.29, 1.82) is 0 Å². The van der Waals surface area contributed by atoms with Crippen molar-refractivity contribution in [3.8, 4) is 0 Å². The third-order valence-electron chi connectivity index (χ3n) is 9.07. The Labute approximate surface area is 276 Å². The summed E-state index contributed by atoms with van der Waals surface area (Å²) in [7, 11) is 1.26. The van der Waals surface area contributed by atoms with Crippen LogP contribution in [0.3, 0.4) is 0 Å². The molecule has 1 spiro atoms. The van der Waals surface area contributed by atoms with E-state index < -0.39 is 48.3 Å². The number of ether oxygens (including phenoxy) is 5. The molecular weight excluding hydrogens is 613 g/mol. The van der Waals surface area contributed by atoms with E-state index in [1.807, 2.05) is 0 Å². The van der Waals surface area contributed by atoms with Gasteiger partial charge in [0.2, 0.25) is 5.91 Å². The van der Waals surface area contributed by atoms with Crippen LogP contribution in [0.2, 0.25) is 0 Å². The first-order valence-electron chi connectivity index (χ1n) is 17.0. The molecule has 5 atom stereocenters. The maximum Gasteiger partial charge on any atom is 0.407 e. The Hall–Kier alpha value is -3.45. The summed E-state index contributed by atoms with van der Waals surface area (Å²) in [5, 5.41) is 8.26. The van der Waals surface area contributed by atoms with Crippen molar-refractivity contribution >= 4 is 24.1 Å².